The highest BCUT2D eigenvalue weighted by Crippen LogP contribution is 2.29. The molecule has 0 aliphatic carbocycles. The lowest BCUT2D eigenvalue weighted by Gasteiger charge is -2.06. The van der Waals surface area contributed by atoms with Gasteiger partial charge in [0.25, 0.3) is 5.56 Å². The summed E-state index contributed by atoms with van der Waals surface area (Å²) < 4.78 is 11.7. The molecule has 24 heavy (non-hydrogen) atoms. The van der Waals surface area contributed by atoms with Crippen molar-refractivity contribution in [3.63, 3.8) is 0 Å². The SMILES string of the molecule is COc1cc(/C=C(\Cl)c2nn3c(=O)cc(C)nc3s2)cc(OC)c1. The number of halogens is 1. The monoisotopic (exact) mass is 363 g/mol. The zero-order chi connectivity index (χ0) is 17.3. The van der Waals surface area contributed by atoms with E-state index in [0.717, 1.165) is 5.56 Å². The molecule has 0 aliphatic heterocycles. The summed E-state index contributed by atoms with van der Waals surface area (Å²) >= 11 is 7.63. The predicted molar refractivity (Wildman–Crippen MR) is 95.1 cm³/mol. The van der Waals surface area contributed by atoms with Crippen LogP contribution in [-0.2, 0) is 0 Å². The summed E-state index contributed by atoms with van der Waals surface area (Å²) in [5.74, 6) is 1.31. The minimum absolute atomic E-state index is 0.229. The van der Waals surface area contributed by atoms with Crippen LogP contribution in [0, 0.1) is 6.92 Å². The molecule has 0 bridgehead atoms. The number of rotatable bonds is 4. The maximum Gasteiger partial charge on any atom is 0.275 e. The van der Waals surface area contributed by atoms with Crippen LogP contribution in [-0.4, -0.2) is 28.8 Å². The van der Waals surface area contributed by atoms with E-state index >= 15 is 0 Å². The fourth-order valence-corrected chi connectivity index (χ4v) is 3.28. The number of hydrogen-bond donors (Lipinski definition) is 0. The van der Waals surface area contributed by atoms with Crippen LogP contribution in [0.3, 0.4) is 0 Å². The molecule has 0 aliphatic rings. The van der Waals surface area contributed by atoms with E-state index in [1.165, 1.54) is 21.9 Å². The van der Waals surface area contributed by atoms with E-state index in [1.54, 1.807) is 33.3 Å². The highest BCUT2D eigenvalue weighted by molar-refractivity contribution is 7.18. The van der Waals surface area contributed by atoms with Crippen molar-refractivity contribution in [2.24, 2.45) is 0 Å². The number of methoxy groups -OCH3 is 2. The summed E-state index contributed by atoms with van der Waals surface area (Å²) in [6.07, 6.45) is 1.74. The van der Waals surface area contributed by atoms with Crippen molar-refractivity contribution in [3.8, 4) is 11.5 Å². The first-order valence-corrected chi connectivity index (χ1v) is 8.18. The van der Waals surface area contributed by atoms with Crippen molar-refractivity contribution in [2.75, 3.05) is 14.2 Å². The van der Waals surface area contributed by atoms with Gasteiger partial charge in [-0.05, 0) is 30.7 Å². The lowest BCUT2D eigenvalue weighted by atomic mass is 10.2. The van der Waals surface area contributed by atoms with Crippen LogP contribution in [0.5, 0.6) is 11.5 Å². The van der Waals surface area contributed by atoms with Crippen LogP contribution >= 0.6 is 22.9 Å². The van der Waals surface area contributed by atoms with Crippen LogP contribution in [0.4, 0.5) is 0 Å². The van der Waals surface area contributed by atoms with Crippen molar-refractivity contribution in [1.82, 2.24) is 14.6 Å². The molecule has 0 fully saturated rings. The van der Waals surface area contributed by atoms with Gasteiger partial charge in [0.1, 0.15) is 11.5 Å². The molecule has 0 radical (unpaired) electrons. The summed E-state index contributed by atoms with van der Waals surface area (Å²) in [6, 6.07) is 6.86. The average molecular weight is 364 g/mol. The van der Waals surface area contributed by atoms with E-state index < -0.39 is 0 Å². The van der Waals surface area contributed by atoms with Gasteiger partial charge in [0.15, 0.2) is 5.01 Å². The van der Waals surface area contributed by atoms with Gasteiger partial charge in [0, 0.05) is 17.8 Å². The Labute approximate surface area is 146 Å². The molecule has 0 unspecified atom stereocenters. The normalized spacial score (nSPS) is 11.8. The Morgan fingerprint density at radius 1 is 1.21 bits per heavy atom. The Hall–Kier alpha value is -2.38. The summed E-state index contributed by atoms with van der Waals surface area (Å²) in [5, 5.41) is 5.14. The fraction of sp³-hybridized carbons (Fsp3) is 0.188. The molecule has 0 saturated heterocycles. The molecular weight excluding hydrogens is 350 g/mol. The van der Waals surface area contributed by atoms with Crippen molar-refractivity contribution in [1.29, 1.82) is 0 Å². The standard InChI is InChI=1S/C16H14ClN3O3S/c1-9-4-14(21)20-16(18-9)24-15(19-20)13(17)7-10-5-11(22-2)8-12(6-10)23-3/h4-8H,1-3H3/b13-7-. The van der Waals surface area contributed by atoms with Gasteiger partial charge >= 0.3 is 0 Å². The molecule has 3 aromatic rings. The molecule has 0 atom stereocenters. The summed E-state index contributed by atoms with van der Waals surface area (Å²) in [4.78, 5) is 16.7. The topological polar surface area (TPSA) is 65.7 Å². The van der Waals surface area contributed by atoms with E-state index in [4.69, 9.17) is 21.1 Å². The zero-order valence-electron chi connectivity index (χ0n) is 13.2. The maximum absolute atomic E-state index is 11.9. The number of fused-ring (bicyclic) bond motifs is 1. The molecule has 6 nitrogen and oxygen atoms in total. The molecule has 3 rings (SSSR count). The van der Waals surface area contributed by atoms with Gasteiger partial charge in [-0.25, -0.2) is 4.98 Å². The van der Waals surface area contributed by atoms with E-state index in [-0.39, 0.29) is 5.56 Å². The quantitative estimate of drug-likeness (QED) is 0.712. The predicted octanol–water partition coefficient (Wildman–Crippen LogP) is 3.21. The summed E-state index contributed by atoms with van der Waals surface area (Å²) in [7, 11) is 3.16. The Kier molecular flexibility index (Phi) is 4.55. The lowest BCUT2D eigenvalue weighted by Crippen LogP contribution is -2.14. The largest absolute Gasteiger partial charge is 0.497 e. The molecule has 0 N–H and O–H groups in total. The first kappa shape index (κ1) is 16.5. The number of nitrogens with zero attached hydrogens (tertiary/aromatic N) is 3. The molecule has 8 heteroatoms. The van der Waals surface area contributed by atoms with Crippen LogP contribution in [0.1, 0.15) is 16.3 Å². The first-order chi connectivity index (χ1) is 11.5. The van der Waals surface area contributed by atoms with Crippen LogP contribution in [0.25, 0.3) is 16.1 Å². The molecule has 0 saturated carbocycles. The minimum atomic E-state index is -0.229. The van der Waals surface area contributed by atoms with Crippen LogP contribution in [0.2, 0.25) is 0 Å². The number of aryl methyl sites for hydroxylation is 1. The molecule has 0 amide bonds. The number of hydrogen-bond acceptors (Lipinski definition) is 6. The van der Waals surface area contributed by atoms with Crippen LogP contribution in [0.15, 0.2) is 29.1 Å². The summed E-state index contributed by atoms with van der Waals surface area (Å²) in [6.45, 7) is 1.76. The number of aromatic nitrogens is 3. The second-order valence-electron chi connectivity index (χ2n) is 4.98. The van der Waals surface area contributed by atoms with Gasteiger partial charge in [-0.15, -0.1) is 0 Å². The van der Waals surface area contributed by atoms with Gasteiger partial charge < -0.3 is 9.47 Å². The second kappa shape index (κ2) is 6.62. The molecule has 1 aromatic carbocycles. The number of benzene rings is 1. The van der Waals surface area contributed by atoms with Gasteiger partial charge in [-0.1, -0.05) is 22.9 Å². The minimum Gasteiger partial charge on any atom is -0.497 e. The number of ether oxygens (including phenoxy) is 2. The van der Waals surface area contributed by atoms with E-state index in [9.17, 15) is 4.79 Å². The smallest absolute Gasteiger partial charge is 0.275 e. The molecule has 124 valence electrons. The fourth-order valence-electron chi connectivity index (χ4n) is 2.14. The van der Waals surface area contributed by atoms with Gasteiger partial charge in [-0.3, -0.25) is 4.79 Å². The van der Waals surface area contributed by atoms with Crippen molar-refractivity contribution in [2.45, 2.75) is 6.92 Å². The van der Waals surface area contributed by atoms with Crippen LogP contribution < -0.4 is 15.0 Å². The van der Waals surface area contributed by atoms with Crippen molar-refractivity contribution >= 4 is 39.0 Å². The second-order valence-corrected chi connectivity index (χ2v) is 6.34. The third-order valence-electron chi connectivity index (χ3n) is 3.24. The summed E-state index contributed by atoms with van der Waals surface area (Å²) in [5.41, 5.74) is 1.22. The lowest BCUT2D eigenvalue weighted by molar-refractivity contribution is 0.394. The third-order valence-corrected chi connectivity index (χ3v) is 4.59. The third kappa shape index (κ3) is 3.27. The Morgan fingerprint density at radius 2 is 1.88 bits per heavy atom. The highest BCUT2D eigenvalue weighted by Gasteiger charge is 2.11. The van der Waals surface area contributed by atoms with Gasteiger partial charge in [0.05, 0.1) is 19.3 Å². The van der Waals surface area contributed by atoms with E-state index in [2.05, 4.69) is 10.1 Å². The molecule has 2 aromatic heterocycles. The molecular formula is C16H14ClN3O3S. The molecule has 2 heterocycles. The van der Waals surface area contributed by atoms with Gasteiger partial charge in [0.2, 0.25) is 4.96 Å². The Balaban J connectivity index is 2.05. The average Bonchev–Trinajstić information content (AvgIpc) is 2.98. The van der Waals surface area contributed by atoms with E-state index in [1.807, 2.05) is 12.1 Å². The first-order valence-electron chi connectivity index (χ1n) is 6.98. The molecule has 0 spiro atoms. The van der Waals surface area contributed by atoms with Crippen molar-refractivity contribution in [3.05, 3.63) is 50.9 Å². The maximum atomic E-state index is 11.9. The zero-order valence-corrected chi connectivity index (χ0v) is 14.8. The Bertz CT molecular complexity index is 972. The Morgan fingerprint density at radius 3 is 2.50 bits per heavy atom. The van der Waals surface area contributed by atoms with Gasteiger partial charge in [-0.2, -0.15) is 9.61 Å². The highest BCUT2D eigenvalue weighted by atomic mass is 35.5. The van der Waals surface area contributed by atoms with E-state index in [0.29, 0.717) is 32.2 Å². The van der Waals surface area contributed by atoms with Crippen molar-refractivity contribution < 1.29 is 9.47 Å².